The van der Waals surface area contributed by atoms with Crippen LogP contribution in [0.3, 0.4) is 0 Å². The highest BCUT2D eigenvalue weighted by Crippen LogP contribution is 2.50. The Kier molecular flexibility index (Phi) is 9.63. The SMILES string of the molecule is CC[C@H](C)[C@@H](Nc1ccc2c(cc1=O)[C@H](NC(C)=O)CCc1cc(OC)c(OC)c(OC)c1-2)C(=O)Nc1cc(C)n(C)n1. The molecule has 3 N–H and O–H groups in total. The molecule has 1 aromatic heterocycles. The third-order valence-corrected chi connectivity index (χ3v) is 8.09. The van der Waals surface area contributed by atoms with E-state index in [0.717, 1.165) is 16.8 Å². The van der Waals surface area contributed by atoms with Gasteiger partial charge in [-0.25, -0.2) is 0 Å². The molecule has 1 aliphatic carbocycles. The van der Waals surface area contributed by atoms with Crippen LogP contribution >= 0.6 is 0 Å². The number of carbonyl (C=O) groups excluding carboxylic acids is 2. The Bertz CT molecular complexity index is 1560. The van der Waals surface area contributed by atoms with Crippen molar-refractivity contribution in [2.24, 2.45) is 13.0 Å². The molecule has 0 fully saturated rings. The first kappa shape index (κ1) is 31.4. The first-order valence-electron chi connectivity index (χ1n) is 14.4. The zero-order valence-corrected chi connectivity index (χ0v) is 26.1. The molecule has 43 heavy (non-hydrogen) atoms. The summed E-state index contributed by atoms with van der Waals surface area (Å²) in [5.74, 6) is 1.27. The number of methoxy groups -OCH3 is 3. The van der Waals surface area contributed by atoms with Crippen molar-refractivity contribution in [3.8, 4) is 28.4 Å². The van der Waals surface area contributed by atoms with Crippen molar-refractivity contribution in [2.45, 2.75) is 59.0 Å². The van der Waals surface area contributed by atoms with Gasteiger partial charge in [-0.2, -0.15) is 5.10 Å². The van der Waals surface area contributed by atoms with Crippen LogP contribution in [0.15, 0.2) is 35.1 Å². The number of aryl methyl sites for hydroxylation is 3. The second-order valence-corrected chi connectivity index (χ2v) is 10.9. The maximum atomic E-state index is 13.8. The van der Waals surface area contributed by atoms with Crippen molar-refractivity contribution in [2.75, 3.05) is 32.0 Å². The zero-order chi connectivity index (χ0) is 31.4. The summed E-state index contributed by atoms with van der Waals surface area (Å²) in [4.78, 5) is 39.5. The van der Waals surface area contributed by atoms with Gasteiger partial charge in [0.25, 0.3) is 0 Å². The van der Waals surface area contributed by atoms with E-state index in [4.69, 9.17) is 14.2 Å². The van der Waals surface area contributed by atoms with Gasteiger partial charge in [0.1, 0.15) is 6.04 Å². The molecule has 0 unspecified atom stereocenters. The van der Waals surface area contributed by atoms with Crippen LogP contribution in [0, 0.1) is 12.8 Å². The van der Waals surface area contributed by atoms with Gasteiger partial charge in [0, 0.05) is 31.3 Å². The lowest BCUT2D eigenvalue weighted by Gasteiger charge is -2.23. The molecule has 0 saturated heterocycles. The Hall–Kier alpha value is -4.54. The Morgan fingerprint density at radius 3 is 2.40 bits per heavy atom. The van der Waals surface area contributed by atoms with E-state index in [1.165, 1.54) is 13.0 Å². The van der Waals surface area contributed by atoms with Gasteiger partial charge in [-0.05, 0) is 60.6 Å². The van der Waals surface area contributed by atoms with Gasteiger partial charge in [-0.15, -0.1) is 0 Å². The number of hydrogen-bond donors (Lipinski definition) is 3. The molecule has 2 amide bonds. The Labute approximate surface area is 251 Å². The highest BCUT2D eigenvalue weighted by atomic mass is 16.5. The topological polar surface area (TPSA) is 133 Å². The zero-order valence-electron chi connectivity index (χ0n) is 26.1. The third kappa shape index (κ3) is 6.45. The summed E-state index contributed by atoms with van der Waals surface area (Å²) in [6.45, 7) is 7.30. The predicted molar refractivity (Wildman–Crippen MR) is 166 cm³/mol. The van der Waals surface area contributed by atoms with E-state index >= 15 is 0 Å². The summed E-state index contributed by atoms with van der Waals surface area (Å²) in [7, 11) is 6.47. The molecule has 11 nitrogen and oxygen atoms in total. The maximum absolute atomic E-state index is 13.8. The number of carbonyl (C=O) groups is 2. The minimum atomic E-state index is -0.709. The maximum Gasteiger partial charge on any atom is 0.248 e. The molecule has 3 atom stereocenters. The van der Waals surface area contributed by atoms with E-state index < -0.39 is 12.1 Å². The van der Waals surface area contributed by atoms with E-state index in [0.29, 0.717) is 53.5 Å². The normalized spacial score (nSPS) is 15.2. The average molecular weight is 592 g/mol. The molecule has 1 aliphatic rings. The lowest BCUT2D eigenvalue weighted by atomic mass is 9.95. The van der Waals surface area contributed by atoms with Crippen molar-refractivity contribution in [3.05, 3.63) is 57.4 Å². The summed E-state index contributed by atoms with van der Waals surface area (Å²) < 4.78 is 18.8. The molecule has 2 aromatic carbocycles. The first-order valence-corrected chi connectivity index (χ1v) is 14.4. The highest BCUT2D eigenvalue weighted by molar-refractivity contribution is 5.96. The molecule has 11 heteroatoms. The third-order valence-electron chi connectivity index (χ3n) is 8.09. The summed E-state index contributed by atoms with van der Waals surface area (Å²) >= 11 is 0. The van der Waals surface area contributed by atoms with Crippen LogP contribution in [0.25, 0.3) is 11.1 Å². The van der Waals surface area contributed by atoms with Crippen LogP contribution < -0.4 is 35.6 Å². The fourth-order valence-electron chi connectivity index (χ4n) is 5.52. The monoisotopic (exact) mass is 591 g/mol. The average Bonchev–Trinajstić information content (AvgIpc) is 3.11. The number of benzene rings is 1. The second kappa shape index (κ2) is 13.2. The van der Waals surface area contributed by atoms with Crippen LogP contribution in [-0.4, -0.2) is 49.0 Å². The fraction of sp³-hybridized carbons (Fsp3) is 0.438. The van der Waals surface area contributed by atoms with Crippen LogP contribution in [0.5, 0.6) is 17.2 Å². The molecular formula is C32H41N5O6. The van der Waals surface area contributed by atoms with E-state index in [2.05, 4.69) is 21.0 Å². The van der Waals surface area contributed by atoms with Gasteiger partial charge in [0.15, 0.2) is 17.3 Å². The first-order chi connectivity index (χ1) is 20.5. The van der Waals surface area contributed by atoms with Crippen LogP contribution in [0.2, 0.25) is 0 Å². The largest absolute Gasteiger partial charge is 0.493 e. The number of ether oxygens (including phenoxy) is 3. The molecule has 230 valence electrons. The van der Waals surface area contributed by atoms with E-state index in [1.807, 2.05) is 32.9 Å². The van der Waals surface area contributed by atoms with Crippen molar-refractivity contribution in [3.63, 3.8) is 0 Å². The number of nitrogens with one attached hydrogen (secondary N) is 3. The van der Waals surface area contributed by atoms with Crippen molar-refractivity contribution < 1.29 is 23.8 Å². The smallest absolute Gasteiger partial charge is 0.248 e. The lowest BCUT2D eigenvalue weighted by Crippen LogP contribution is -2.40. The minimum Gasteiger partial charge on any atom is -0.493 e. The van der Waals surface area contributed by atoms with E-state index in [-0.39, 0.29) is 28.8 Å². The number of anilines is 2. The van der Waals surface area contributed by atoms with E-state index in [9.17, 15) is 14.4 Å². The molecule has 0 radical (unpaired) electrons. The van der Waals surface area contributed by atoms with Gasteiger partial charge in [0.05, 0.1) is 33.1 Å². The number of amides is 2. The Morgan fingerprint density at radius 1 is 1.09 bits per heavy atom. The molecular weight excluding hydrogens is 550 g/mol. The summed E-state index contributed by atoms with van der Waals surface area (Å²) in [6.07, 6.45) is 1.84. The van der Waals surface area contributed by atoms with Gasteiger partial charge < -0.3 is 30.2 Å². The number of aromatic nitrogens is 2. The summed E-state index contributed by atoms with van der Waals surface area (Å²) in [5.41, 5.74) is 3.89. The van der Waals surface area contributed by atoms with Crippen LogP contribution in [-0.2, 0) is 23.1 Å². The predicted octanol–water partition coefficient (Wildman–Crippen LogP) is 4.37. The number of hydrogen-bond acceptors (Lipinski definition) is 8. The standard InChI is InChI=1S/C32H41N5O6/c1-9-17(2)29(32(40)35-27-14-18(3)37(5)36-27)34-24-13-11-21-22(16-25(24)39)23(33-19(4)38)12-10-20-15-26(41-6)30(42-7)31(43-8)28(20)21/h11,13-17,23,29H,9-10,12H2,1-8H3,(H,33,38)(H,34,39)(H,35,36,40)/t17-,23+,29+/m0/s1. The Balaban J connectivity index is 1.86. The Morgan fingerprint density at radius 2 is 1.81 bits per heavy atom. The molecule has 0 saturated carbocycles. The van der Waals surface area contributed by atoms with Gasteiger partial charge in [0.2, 0.25) is 23.0 Å². The molecule has 0 spiro atoms. The lowest BCUT2D eigenvalue weighted by molar-refractivity contribution is -0.120. The summed E-state index contributed by atoms with van der Waals surface area (Å²) in [6, 6.07) is 7.61. The van der Waals surface area contributed by atoms with Gasteiger partial charge in [-0.1, -0.05) is 26.3 Å². The van der Waals surface area contributed by atoms with Gasteiger partial charge in [-0.3, -0.25) is 19.1 Å². The molecule has 1 heterocycles. The second-order valence-electron chi connectivity index (χ2n) is 10.9. The highest BCUT2D eigenvalue weighted by Gasteiger charge is 2.30. The van der Waals surface area contributed by atoms with Crippen molar-refractivity contribution >= 4 is 23.3 Å². The minimum absolute atomic E-state index is 0.0998. The number of rotatable bonds is 10. The van der Waals surface area contributed by atoms with Crippen molar-refractivity contribution in [1.29, 1.82) is 0 Å². The van der Waals surface area contributed by atoms with Gasteiger partial charge >= 0.3 is 0 Å². The molecule has 3 aromatic rings. The van der Waals surface area contributed by atoms with Crippen LogP contribution in [0.4, 0.5) is 11.5 Å². The molecule has 4 rings (SSSR count). The quantitative estimate of drug-likeness (QED) is 0.317. The molecule has 0 bridgehead atoms. The van der Waals surface area contributed by atoms with Crippen LogP contribution in [0.1, 0.15) is 56.5 Å². The van der Waals surface area contributed by atoms with Crippen molar-refractivity contribution in [1.82, 2.24) is 15.1 Å². The number of nitrogens with zero attached hydrogens (tertiary/aromatic N) is 2. The summed E-state index contributed by atoms with van der Waals surface area (Å²) in [5, 5.41) is 13.5. The number of fused-ring (bicyclic) bond motifs is 3. The fourth-order valence-corrected chi connectivity index (χ4v) is 5.52. The van der Waals surface area contributed by atoms with E-state index in [1.54, 1.807) is 45.2 Å². The molecule has 0 aliphatic heterocycles.